The molecule has 1 aromatic carbocycles. The molecule has 3 aliphatic rings. The molecule has 2 heteroatoms. The highest BCUT2D eigenvalue weighted by Gasteiger charge is 2.60. The molecule has 26 heavy (non-hydrogen) atoms. The molecule has 0 amide bonds. The van der Waals surface area contributed by atoms with Crippen molar-refractivity contribution in [3.8, 4) is 0 Å². The van der Waals surface area contributed by atoms with Crippen LogP contribution in [0.25, 0.3) is 0 Å². The van der Waals surface area contributed by atoms with Crippen LogP contribution in [0, 0.1) is 11.8 Å². The second-order valence-electron chi connectivity index (χ2n) is 9.31. The Morgan fingerprint density at radius 2 is 1.27 bits per heavy atom. The SMILES string of the molecule is OC1(C2(O)CCCCC2C2CCCCC2)CCCCC1c1ccccc1. The van der Waals surface area contributed by atoms with Crippen molar-refractivity contribution in [3.63, 3.8) is 0 Å². The molecule has 2 nitrogen and oxygen atoms in total. The van der Waals surface area contributed by atoms with Gasteiger partial charge in [0.05, 0.1) is 5.60 Å². The summed E-state index contributed by atoms with van der Waals surface area (Å²) < 4.78 is 0. The van der Waals surface area contributed by atoms with Crippen LogP contribution >= 0.6 is 0 Å². The molecule has 0 aliphatic heterocycles. The molecule has 3 fully saturated rings. The Balaban J connectivity index is 1.69. The van der Waals surface area contributed by atoms with Crippen LogP contribution in [-0.4, -0.2) is 21.4 Å². The van der Waals surface area contributed by atoms with Crippen molar-refractivity contribution in [1.82, 2.24) is 0 Å². The van der Waals surface area contributed by atoms with Gasteiger partial charge in [0.15, 0.2) is 0 Å². The van der Waals surface area contributed by atoms with Crippen LogP contribution in [0.4, 0.5) is 0 Å². The van der Waals surface area contributed by atoms with E-state index in [0.29, 0.717) is 5.92 Å². The highest BCUT2D eigenvalue weighted by molar-refractivity contribution is 5.27. The van der Waals surface area contributed by atoms with Crippen molar-refractivity contribution < 1.29 is 10.2 Å². The molecular formula is C24H36O2. The molecule has 3 saturated carbocycles. The van der Waals surface area contributed by atoms with Gasteiger partial charge in [-0.15, -0.1) is 0 Å². The van der Waals surface area contributed by atoms with Gasteiger partial charge in [0.2, 0.25) is 0 Å². The van der Waals surface area contributed by atoms with Gasteiger partial charge in [-0.05, 0) is 43.1 Å². The minimum Gasteiger partial charge on any atom is -0.387 e. The zero-order valence-corrected chi connectivity index (χ0v) is 16.2. The first kappa shape index (κ1) is 18.5. The third-order valence-corrected chi connectivity index (χ3v) is 7.98. The third-order valence-electron chi connectivity index (χ3n) is 7.98. The third kappa shape index (κ3) is 3.14. The summed E-state index contributed by atoms with van der Waals surface area (Å²) in [5.41, 5.74) is -0.653. The van der Waals surface area contributed by atoms with Crippen molar-refractivity contribution in [2.24, 2.45) is 11.8 Å². The second-order valence-corrected chi connectivity index (χ2v) is 9.31. The topological polar surface area (TPSA) is 40.5 Å². The van der Waals surface area contributed by atoms with Gasteiger partial charge in [-0.1, -0.05) is 88.1 Å². The van der Waals surface area contributed by atoms with Crippen LogP contribution in [0.2, 0.25) is 0 Å². The quantitative estimate of drug-likeness (QED) is 0.742. The van der Waals surface area contributed by atoms with Crippen molar-refractivity contribution >= 4 is 0 Å². The van der Waals surface area contributed by atoms with E-state index in [1.165, 1.54) is 44.1 Å². The average Bonchev–Trinajstić information content (AvgIpc) is 2.70. The first-order valence-electron chi connectivity index (χ1n) is 11.1. The monoisotopic (exact) mass is 356 g/mol. The first-order chi connectivity index (χ1) is 12.7. The summed E-state index contributed by atoms with van der Waals surface area (Å²) in [7, 11) is 0. The number of benzene rings is 1. The highest BCUT2D eigenvalue weighted by Crippen LogP contribution is 2.56. The van der Waals surface area contributed by atoms with E-state index in [1.807, 2.05) is 6.07 Å². The fourth-order valence-electron chi connectivity index (χ4n) is 6.68. The van der Waals surface area contributed by atoms with Crippen molar-refractivity contribution in [2.75, 3.05) is 0 Å². The lowest BCUT2D eigenvalue weighted by atomic mass is 9.53. The summed E-state index contributed by atoms with van der Waals surface area (Å²) >= 11 is 0. The van der Waals surface area contributed by atoms with Gasteiger partial charge in [-0.3, -0.25) is 0 Å². The Morgan fingerprint density at radius 1 is 0.654 bits per heavy atom. The smallest absolute Gasteiger partial charge is 0.100 e. The van der Waals surface area contributed by atoms with Gasteiger partial charge in [0.25, 0.3) is 0 Å². The molecular weight excluding hydrogens is 320 g/mol. The first-order valence-corrected chi connectivity index (χ1v) is 11.1. The summed E-state index contributed by atoms with van der Waals surface area (Å²) in [6.45, 7) is 0. The average molecular weight is 357 g/mol. The van der Waals surface area contributed by atoms with E-state index < -0.39 is 11.2 Å². The molecule has 0 radical (unpaired) electrons. The normalized spacial score (nSPS) is 39.6. The number of hydrogen-bond donors (Lipinski definition) is 2. The number of hydrogen-bond acceptors (Lipinski definition) is 2. The summed E-state index contributed by atoms with van der Waals surface area (Å²) in [5, 5.41) is 24.3. The summed E-state index contributed by atoms with van der Waals surface area (Å²) in [6, 6.07) is 10.5. The van der Waals surface area contributed by atoms with E-state index >= 15 is 0 Å². The molecule has 144 valence electrons. The zero-order chi connectivity index (χ0) is 18.0. The van der Waals surface area contributed by atoms with E-state index in [4.69, 9.17) is 0 Å². The fraction of sp³-hybridized carbons (Fsp3) is 0.750. The predicted molar refractivity (Wildman–Crippen MR) is 106 cm³/mol. The van der Waals surface area contributed by atoms with Crippen LogP contribution in [-0.2, 0) is 0 Å². The van der Waals surface area contributed by atoms with Crippen molar-refractivity contribution in [1.29, 1.82) is 0 Å². The van der Waals surface area contributed by atoms with Gasteiger partial charge in [-0.2, -0.15) is 0 Å². The molecule has 0 aromatic heterocycles. The molecule has 0 bridgehead atoms. The molecule has 0 saturated heterocycles. The Bertz CT molecular complexity index is 579. The maximum atomic E-state index is 12.1. The Hall–Kier alpha value is -0.860. The van der Waals surface area contributed by atoms with E-state index in [1.54, 1.807) is 0 Å². The minimum atomic E-state index is -0.963. The van der Waals surface area contributed by atoms with Gasteiger partial charge < -0.3 is 10.2 Å². The Kier molecular flexibility index (Phi) is 5.43. The van der Waals surface area contributed by atoms with E-state index in [-0.39, 0.29) is 11.8 Å². The molecule has 1 aromatic rings. The molecule has 4 rings (SSSR count). The molecule has 3 aliphatic carbocycles. The summed E-state index contributed by atoms with van der Waals surface area (Å²) in [6.07, 6.45) is 14.6. The Labute approximate surface area is 159 Å². The lowest BCUT2D eigenvalue weighted by Crippen LogP contribution is -2.64. The second kappa shape index (κ2) is 7.64. The standard InChI is InChI=1S/C24H36O2/c25-23(17-9-7-15-21(23)19-11-3-1-4-12-19)24(26)18-10-8-16-22(24)20-13-5-2-6-14-20/h1,3-4,11-12,20-22,25-26H,2,5-10,13-18H2. The largest absolute Gasteiger partial charge is 0.387 e. The van der Waals surface area contributed by atoms with Crippen LogP contribution in [0.3, 0.4) is 0 Å². The van der Waals surface area contributed by atoms with Gasteiger partial charge in [0.1, 0.15) is 5.60 Å². The van der Waals surface area contributed by atoms with Gasteiger partial charge >= 0.3 is 0 Å². The summed E-state index contributed by atoms with van der Waals surface area (Å²) in [4.78, 5) is 0. The maximum Gasteiger partial charge on any atom is 0.100 e. The highest BCUT2D eigenvalue weighted by atomic mass is 16.4. The zero-order valence-electron chi connectivity index (χ0n) is 16.2. The maximum absolute atomic E-state index is 12.1. The molecule has 2 N–H and O–H groups in total. The Morgan fingerprint density at radius 3 is 2.00 bits per heavy atom. The van der Waals surface area contributed by atoms with Crippen LogP contribution < -0.4 is 0 Å². The van der Waals surface area contributed by atoms with E-state index in [0.717, 1.165) is 44.9 Å². The lowest BCUT2D eigenvalue weighted by molar-refractivity contribution is -0.228. The fourth-order valence-corrected chi connectivity index (χ4v) is 6.68. The molecule has 0 spiro atoms. The molecule has 4 atom stereocenters. The van der Waals surface area contributed by atoms with E-state index in [9.17, 15) is 10.2 Å². The van der Waals surface area contributed by atoms with Crippen LogP contribution in [0.1, 0.15) is 95.0 Å². The number of aliphatic hydroxyl groups is 2. The van der Waals surface area contributed by atoms with Crippen LogP contribution in [0.5, 0.6) is 0 Å². The molecule has 0 heterocycles. The minimum absolute atomic E-state index is 0.0756. The van der Waals surface area contributed by atoms with Crippen molar-refractivity contribution in [3.05, 3.63) is 35.9 Å². The van der Waals surface area contributed by atoms with Gasteiger partial charge in [-0.25, -0.2) is 0 Å². The number of rotatable bonds is 3. The van der Waals surface area contributed by atoms with Crippen molar-refractivity contribution in [2.45, 2.75) is 101 Å². The van der Waals surface area contributed by atoms with E-state index in [2.05, 4.69) is 24.3 Å². The lowest BCUT2D eigenvalue weighted by Gasteiger charge is -2.57. The summed E-state index contributed by atoms with van der Waals surface area (Å²) in [5.74, 6) is 0.967. The van der Waals surface area contributed by atoms with Crippen LogP contribution in [0.15, 0.2) is 30.3 Å². The predicted octanol–water partition coefficient (Wildman–Crippen LogP) is 5.58. The molecule has 4 unspecified atom stereocenters. The van der Waals surface area contributed by atoms with Gasteiger partial charge in [0, 0.05) is 5.92 Å².